The lowest BCUT2D eigenvalue weighted by Crippen LogP contribution is -2.34. The van der Waals surface area contributed by atoms with Crippen LogP contribution in [0.2, 0.25) is 0 Å². The summed E-state index contributed by atoms with van der Waals surface area (Å²) in [6.45, 7) is 6.72. The Bertz CT molecular complexity index is 637. The lowest BCUT2D eigenvalue weighted by Gasteiger charge is -2.29. The monoisotopic (exact) mass is 319 g/mol. The summed E-state index contributed by atoms with van der Waals surface area (Å²) in [4.78, 5) is 0. The van der Waals surface area contributed by atoms with Crippen LogP contribution in [-0.2, 0) is 7.05 Å². The van der Waals surface area contributed by atoms with Crippen molar-refractivity contribution in [2.24, 2.45) is 12.5 Å². The van der Waals surface area contributed by atoms with Crippen molar-refractivity contribution in [3.05, 3.63) is 53.6 Å². The van der Waals surface area contributed by atoms with Gasteiger partial charge >= 0.3 is 0 Å². The number of aryl methyl sites for hydroxylation is 1. The average Bonchev–Trinajstić information content (AvgIpc) is 2.84. The van der Waals surface area contributed by atoms with Crippen LogP contribution in [-0.4, -0.2) is 27.5 Å². The first-order valence-electron chi connectivity index (χ1n) is 7.92. The van der Waals surface area contributed by atoms with Crippen molar-refractivity contribution in [1.82, 2.24) is 15.1 Å². The molecule has 2 atom stereocenters. The first-order chi connectivity index (χ1) is 10.8. The van der Waals surface area contributed by atoms with Gasteiger partial charge in [0.15, 0.2) is 0 Å². The van der Waals surface area contributed by atoms with Gasteiger partial charge < -0.3 is 10.4 Å². The quantitative estimate of drug-likeness (QED) is 0.825. The van der Waals surface area contributed by atoms with Crippen molar-refractivity contribution in [3.8, 4) is 0 Å². The van der Waals surface area contributed by atoms with Crippen LogP contribution in [0.4, 0.5) is 4.39 Å². The molecule has 0 saturated carbocycles. The molecule has 23 heavy (non-hydrogen) atoms. The molecular weight excluding hydrogens is 293 g/mol. The standard InChI is InChI=1S/C18H26FN3O/c1-13(23)9-18(2,3)12-20-17(15-10-21-22(4)11-15)14-6-5-7-16(19)8-14/h5-8,10-11,13,17,20,23H,9,12H2,1-4H3. The molecule has 1 heterocycles. The van der Waals surface area contributed by atoms with Crippen LogP contribution in [0.25, 0.3) is 0 Å². The van der Waals surface area contributed by atoms with E-state index in [1.54, 1.807) is 29.9 Å². The van der Waals surface area contributed by atoms with Crippen LogP contribution >= 0.6 is 0 Å². The second-order valence-electron chi connectivity index (χ2n) is 7.03. The Hall–Kier alpha value is -1.72. The van der Waals surface area contributed by atoms with E-state index in [1.807, 2.05) is 19.3 Å². The third kappa shape index (κ3) is 5.15. The molecule has 1 aromatic heterocycles. The van der Waals surface area contributed by atoms with Crippen molar-refractivity contribution < 1.29 is 9.50 Å². The van der Waals surface area contributed by atoms with Gasteiger partial charge in [0, 0.05) is 25.4 Å². The molecule has 0 fully saturated rings. The predicted octanol–water partition coefficient (Wildman–Crippen LogP) is 3.04. The fourth-order valence-electron chi connectivity index (χ4n) is 2.95. The van der Waals surface area contributed by atoms with Crippen molar-refractivity contribution in [2.45, 2.75) is 39.3 Å². The Labute approximate surface area is 137 Å². The van der Waals surface area contributed by atoms with E-state index in [2.05, 4.69) is 24.3 Å². The Morgan fingerprint density at radius 3 is 2.65 bits per heavy atom. The van der Waals surface area contributed by atoms with E-state index in [4.69, 9.17) is 0 Å². The molecule has 4 nitrogen and oxygen atoms in total. The summed E-state index contributed by atoms with van der Waals surface area (Å²) >= 11 is 0. The van der Waals surface area contributed by atoms with Crippen molar-refractivity contribution in [1.29, 1.82) is 0 Å². The molecule has 0 saturated heterocycles. The topological polar surface area (TPSA) is 50.1 Å². The number of nitrogens with zero attached hydrogens (tertiary/aromatic N) is 2. The van der Waals surface area contributed by atoms with E-state index in [-0.39, 0.29) is 23.4 Å². The van der Waals surface area contributed by atoms with E-state index in [1.165, 1.54) is 6.07 Å². The Balaban J connectivity index is 2.21. The maximum Gasteiger partial charge on any atom is 0.123 e. The molecular formula is C18H26FN3O. The molecule has 2 unspecified atom stereocenters. The van der Waals surface area contributed by atoms with Crippen molar-refractivity contribution >= 4 is 0 Å². The summed E-state index contributed by atoms with van der Waals surface area (Å²) in [5, 5.41) is 17.4. The fraction of sp³-hybridized carbons (Fsp3) is 0.500. The van der Waals surface area contributed by atoms with E-state index in [0.29, 0.717) is 13.0 Å². The minimum absolute atomic E-state index is 0.0675. The van der Waals surface area contributed by atoms with Gasteiger partial charge in [-0.3, -0.25) is 4.68 Å². The number of aliphatic hydroxyl groups is 1. The number of aromatic nitrogens is 2. The number of nitrogens with one attached hydrogen (secondary N) is 1. The van der Waals surface area contributed by atoms with E-state index in [9.17, 15) is 9.50 Å². The smallest absolute Gasteiger partial charge is 0.123 e. The summed E-state index contributed by atoms with van der Waals surface area (Å²) in [5.74, 6) is -0.249. The zero-order chi connectivity index (χ0) is 17.0. The second-order valence-corrected chi connectivity index (χ2v) is 7.03. The van der Waals surface area contributed by atoms with Gasteiger partial charge in [0.1, 0.15) is 5.82 Å². The maximum absolute atomic E-state index is 13.6. The molecule has 2 rings (SSSR count). The Kier molecular flexibility index (Phi) is 5.55. The minimum Gasteiger partial charge on any atom is -0.393 e. The average molecular weight is 319 g/mol. The third-order valence-corrected chi connectivity index (χ3v) is 3.87. The van der Waals surface area contributed by atoms with Gasteiger partial charge in [-0.2, -0.15) is 5.10 Å². The molecule has 0 spiro atoms. The number of halogens is 1. The lowest BCUT2D eigenvalue weighted by molar-refractivity contribution is 0.127. The van der Waals surface area contributed by atoms with E-state index < -0.39 is 0 Å². The first-order valence-corrected chi connectivity index (χ1v) is 7.92. The summed E-state index contributed by atoms with van der Waals surface area (Å²) in [5.41, 5.74) is 1.79. The molecule has 0 bridgehead atoms. The Morgan fingerprint density at radius 1 is 1.35 bits per heavy atom. The molecule has 5 heteroatoms. The number of benzene rings is 1. The molecule has 0 amide bonds. The van der Waals surface area contributed by atoms with Crippen molar-refractivity contribution in [2.75, 3.05) is 6.54 Å². The normalized spacial score (nSPS) is 14.7. The zero-order valence-corrected chi connectivity index (χ0v) is 14.3. The molecule has 126 valence electrons. The highest BCUT2D eigenvalue weighted by Crippen LogP contribution is 2.26. The van der Waals surface area contributed by atoms with Crippen LogP contribution in [0.15, 0.2) is 36.7 Å². The van der Waals surface area contributed by atoms with Crippen LogP contribution in [0.5, 0.6) is 0 Å². The van der Waals surface area contributed by atoms with Gasteiger partial charge in [-0.1, -0.05) is 26.0 Å². The summed E-state index contributed by atoms with van der Waals surface area (Å²) < 4.78 is 15.4. The number of hydrogen-bond donors (Lipinski definition) is 2. The molecule has 0 aliphatic carbocycles. The van der Waals surface area contributed by atoms with Gasteiger partial charge in [-0.05, 0) is 36.5 Å². The first kappa shape index (κ1) is 17.6. The summed E-state index contributed by atoms with van der Waals surface area (Å²) in [6, 6.07) is 6.49. The summed E-state index contributed by atoms with van der Waals surface area (Å²) in [6.07, 6.45) is 4.08. The van der Waals surface area contributed by atoms with E-state index in [0.717, 1.165) is 11.1 Å². The molecule has 2 N–H and O–H groups in total. The fourth-order valence-corrected chi connectivity index (χ4v) is 2.95. The second kappa shape index (κ2) is 7.23. The summed E-state index contributed by atoms with van der Waals surface area (Å²) in [7, 11) is 1.86. The number of hydrogen-bond acceptors (Lipinski definition) is 3. The highest BCUT2D eigenvalue weighted by Gasteiger charge is 2.23. The van der Waals surface area contributed by atoms with Crippen LogP contribution < -0.4 is 5.32 Å². The molecule has 0 aliphatic heterocycles. The molecule has 2 aromatic rings. The van der Waals surface area contributed by atoms with Gasteiger partial charge in [-0.15, -0.1) is 0 Å². The third-order valence-electron chi connectivity index (χ3n) is 3.87. The van der Waals surface area contributed by atoms with Crippen molar-refractivity contribution in [3.63, 3.8) is 0 Å². The van der Waals surface area contributed by atoms with Gasteiger partial charge in [0.05, 0.1) is 18.3 Å². The molecule has 0 radical (unpaired) electrons. The SMILES string of the molecule is CC(O)CC(C)(C)CNC(c1cccc(F)c1)c1cnn(C)c1. The van der Waals surface area contributed by atoms with Crippen LogP contribution in [0.3, 0.4) is 0 Å². The van der Waals surface area contributed by atoms with E-state index >= 15 is 0 Å². The lowest BCUT2D eigenvalue weighted by atomic mass is 9.86. The Morgan fingerprint density at radius 2 is 2.09 bits per heavy atom. The highest BCUT2D eigenvalue weighted by atomic mass is 19.1. The number of aliphatic hydroxyl groups excluding tert-OH is 1. The highest BCUT2D eigenvalue weighted by molar-refractivity contribution is 5.29. The largest absolute Gasteiger partial charge is 0.393 e. The number of rotatable bonds is 7. The van der Waals surface area contributed by atoms with Gasteiger partial charge in [0.2, 0.25) is 0 Å². The van der Waals surface area contributed by atoms with Crippen LogP contribution in [0.1, 0.15) is 44.4 Å². The molecule has 0 aliphatic rings. The molecule has 1 aromatic carbocycles. The zero-order valence-electron chi connectivity index (χ0n) is 14.3. The maximum atomic E-state index is 13.6. The van der Waals surface area contributed by atoms with Gasteiger partial charge in [0.25, 0.3) is 0 Å². The van der Waals surface area contributed by atoms with Crippen LogP contribution in [0, 0.1) is 11.2 Å². The predicted molar refractivity (Wildman–Crippen MR) is 89.5 cm³/mol. The van der Waals surface area contributed by atoms with Gasteiger partial charge in [-0.25, -0.2) is 4.39 Å². The minimum atomic E-state index is -0.349.